The number of hydrogen-bond acceptors (Lipinski definition) is 4. The number of piperidine rings is 1. The van der Waals surface area contributed by atoms with Crippen molar-refractivity contribution in [3.05, 3.63) is 0 Å². The second-order valence-corrected chi connectivity index (χ2v) is 7.15. The summed E-state index contributed by atoms with van der Waals surface area (Å²) in [6, 6.07) is 0.311. The maximum absolute atomic E-state index is 11.3. The van der Waals surface area contributed by atoms with Crippen molar-refractivity contribution in [2.24, 2.45) is 0 Å². The highest BCUT2D eigenvalue weighted by Gasteiger charge is 2.26. The molecule has 0 aromatic heterocycles. The van der Waals surface area contributed by atoms with E-state index in [1.165, 1.54) is 10.6 Å². The second kappa shape index (κ2) is 5.65. The van der Waals surface area contributed by atoms with Gasteiger partial charge < -0.3 is 10.4 Å². The Morgan fingerprint density at radius 3 is 2.35 bits per heavy atom. The van der Waals surface area contributed by atoms with Crippen LogP contribution in [-0.2, 0) is 10.0 Å². The van der Waals surface area contributed by atoms with Crippen LogP contribution in [-0.4, -0.2) is 55.4 Å². The average molecular weight is 264 g/mol. The zero-order chi connectivity index (χ0) is 13.1. The van der Waals surface area contributed by atoms with Crippen molar-refractivity contribution in [2.45, 2.75) is 44.8 Å². The van der Waals surface area contributed by atoms with E-state index < -0.39 is 15.6 Å². The lowest BCUT2D eigenvalue weighted by Crippen LogP contribution is -2.48. The molecule has 0 aromatic carbocycles. The fourth-order valence-electron chi connectivity index (χ4n) is 1.88. The molecule has 1 rings (SSSR count). The molecule has 1 heterocycles. The molecular weight excluding hydrogens is 240 g/mol. The Morgan fingerprint density at radius 1 is 1.41 bits per heavy atom. The quantitative estimate of drug-likeness (QED) is 0.742. The third kappa shape index (κ3) is 4.91. The van der Waals surface area contributed by atoms with Gasteiger partial charge in [-0.05, 0) is 26.2 Å². The van der Waals surface area contributed by atoms with Crippen LogP contribution in [0.5, 0.6) is 0 Å². The molecule has 6 heteroatoms. The SMILES string of the molecule is CCC(C)(O)CNC1CCN(S(C)(=O)=O)CC1. The lowest BCUT2D eigenvalue weighted by molar-refractivity contribution is 0.0507. The average Bonchev–Trinajstić information content (AvgIpc) is 2.26. The molecule has 1 unspecified atom stereocenters. The molecular formula is C11H24N2O3S. The van der Waals surface area contributed by atoms with E-state index in [1.807, 2.05) is 13.8 Å². The van der Waals surface area contributed by atoms with Gasteiger partial charge in [-0.25, -0.2) is 12.7 Å². The number of nitrogens with one attached hydrogen (secondary N) is 1. The molecule has 1 atom stereocenters. The molecule has 0 radical (unpaired) electrons. The largest absolute Gasteiger partial charge is 0.389 e. The Kier molecular flexibility index (Phi) is 4.95. The molecule has 2 N–H and O–H groups in total. The van der Waals surface area contributed by atoms with E-state index in [0.29, 0.717) is 32.1 Å². The predicted octanol–water partition coefficient (Wildman–Crippen LogP) is 0.161. The molecule has 0 spiro atoms. The van der Waals surface area contributed by atoms with Crippen LogP contribution in [0.4, 0.5) is 0 Å². The maximum atomic E-state index is 11.3. The van der Waals surface area contributed by atoms with Crippen LogP contribution in [0.3, 0.4) is 0 Å². The second-order valence-electron chi connectivity index (χ2n) is 5.17. The van der Waals surface area contributed by atoms with Crippen molar-refractivity contribution in [1.29, 1.82) is 0 Å². The number of aliphatic hydroxyl groups is 1. The van der Waals surface area contributed by atoms with Gasteiger partial charge >= 0.3 is 0 Å². The van der Waals surface area contributed by atoms with Crippen molar-refractivity contribution >= 4 is 10.0 Å². The zero-order valence-corrected chi connectivity index (χ0v) is 11.8. The van der Waals surface area contributed by atoms with Crippen molar-refractivity contribution in [1.82, 2.24) is 9.62 Å². The first kappa shape index (κ1) is 14.9. The van der Waals surface area contributed by atoms with Crippen molar-refractivity contribution in [3.8, 4) is 0 Å². The molecule has 5 nitrogen and oxygen atoms in total. The van der Waals surface area contributed by atoms with Gasteiger partial charge in [0.1, 0.15) is 0 Å². The summed E-state index contributed by atoms with van der Waals surface area (Å²) in [6.07, 6.45) is 3.59. The molecule has 1 aliphatic rings. The molecule has 102 valence electrons. The Hall–Kier alpha value is -0.170. The Morgan fingerprint density at radius 2 is 1.94 bits per heavy atom. The van der Waals surface area contributed by atoms with E-state index in [4.69, 9.17) is 0 Å². The molecule has 17 heavy (non-hydrogen) atoms. The molecule has 0 aromatic rings. The Balaban J connectivity index is 2.33. The minimum atomic E-state index is -3.04. The van der Waals surface area contributed by atoms with Gasteiger partial charge in [0.2, 0.25) is 10.0 Å². The summed E-state index contributed by atoms with van der Waals surface area (Å²) in [5, 5.41) is 13.2. The number of sulfonamides is 1. The van der Waals surface area contributed by atoms with Gasteiger partial charge in [0.25, 0.3) is 0 Å². The minimum Gasteiger partial charge on any atom is -0.389 e. The van der Waals surface area contributed by atoms with Gasteiger partial charge in [0, 0.05) is 25.7 Å². The summed E-state index contributed by atoms with van der Waals surface area (Å²) in [5.41, 5.74) is -0.673. The highest BCUT2D eigenvalue weighted by molar-refractivity contribution is 7.88. The lowest BCUT2D eigenvalue weighted by atomic mass is 10.0. The van der Waals surface area contributed by atoms with Gasteiger partial charge in [-0.2, -0.15) is 0 Å². The fourth-order valence-corrected chi connectivity index (χ4v) is 2.75. The van der Waals surface area contributed by atoms with E-state index in [0.717, 1.165) is 12.8 Å². The summed E-state index contributed by atoms with van der Waals surface area (Å²) >= 11 is 0. The highest BCUT2D eigenvalue weighted by atomic mass is 32.2. The van der Waals surface area contributed by atoms with Crippen molar-refractivity contribution < 1.29 is 13.5 Å². The third-order valence-electron chi connectivity index (χ3n) is 3.46. The highest BCUT2D eigenvalue weighted by Crippen LogP contribution is 2.14. The first-order valence-corrected chi connectivity index (χ1v) is 8.00. The normalized spacial score (nSPS) is 23.5. The fraction of sp³-hybridized carbons (Fsp3) is 1.00. The van der Waals surface area contributed by atoms with E-state index in [-0.39, 0.29) is 0 Å². The first-order chi connectivity index (χ1) is 7.74. The van der Waals surface area contributed by atoms with E-state index in [2.05, 4.69) is 5.32 Å². The smallest absolute Gasteiger partial charge is 0.211 e. The summed E-state index contributed by atoms with van der Waals surface area (Å²) in [5.74, 6) is 0. The number of rotatable bonds is 5. The molecule has 0 aliphatic carbocycles. The summed E-state index contributed by atoms with van der Waals surface area (Å²) in [6.45, 7) is 5.47. The topological polar surface area (TPSA) is 69.6 Å². The molecule has 0 bridgehead atoms. The molecule has 0 saturated carbocycles. The first-order valence-electron chi connectivity index (χ1n) is 6.15. The molecule has 1 saturated heterocycles. The van der Waals surface area contributed by atoms with Crippen molar-refractivity contribution in [3.63, 3.8) is 0 Å². The monoisotopic (exact) mass is 264 g/mol. The summed E-state index contributed by atoms with van der Waals surface area (Å²) in [4.78, 5) is 0. The molecule has 0 amide bonds. The van der Waals surface area contributed by atoms with Gasteiger partial charge in [-0.15, -0.1) is 0 Å². The van der Waals surface area contributed by atoms with Gasteiger partial charge in [-0.3, -0.25) is 0 Å². The number of nitrogens with zero attached hydrogens (tertiary/aromatic N) is 1. The minimum absolute atomic E-state index is 0.311. The maximum Gasteiger partial charge on any atom is 0.211 e. The zero-order valence-electron chi connectivity index (χ0n) is 10.9. The van der Waals surface area contributed by atoms with Gasteiger partial charge in [0.05, 0.1) is 11.9 Å². The van der Waals surface area contributed by atoms with Gasteiger partial charge in [0.15, 0.2) is 0 Å². The van der Waals surface area contributed by atoms with Crippen LogP contribution in [0.25, 0.3) is 0 Å². The molecule has 1 fully saturated rings. The van der Waals surface area contributed by atoms with Gasteiger partial charge in [-0.1, -0.05) is 6.92 Å². The summed E-state index contributed by atoms with van der Waals surface area (Å²) in [7, 11) is -3.04. The predicted molar refractivity (Wildman–Crippen MR) is 68.4 cm³/mol. The van der Waals surface area contributed by atoms with E-state index >= 15 is 0 Å². The molecule has 1 aliphatic heterocycles. The van der Waals surface area contributed by atoms with Crippen LogP contribution in [0.15, 0.2) is 0 Å². The van der Waals surface area contributed by atoms with Crippen LogP contribution < -0.4 is 5.32 Å². The Bertz CT molecular complexity index is 333. The van der Waals surface area contributed by atoms with Crippen LogP contribution in [0, 0.1) is 0 Å². The van der Waals surface area contributed by atoms with Crippen LogP contribution >= 0.6 is 0 Å². The van der Waals surface area contributed by atoms with Crippen molar-refractivity contribution in [2.75, 3.05) is 25.9 Å². The standard InChI is InChI=1S/C11H24N2O3S/c1-4-11(2,14)9-12-10-5-7-13(8-6-10)17(3,15)16/h10,12,14H,4-9H2,1-3H3. The summed E-state index contributed by atoms with van der Waals surface area (Å²) < 4.78 is 24.2. The Labute approximate surface area is 104 Å². The van der Waals surface area contributed by atoms with Crippen LogP contribution in [0.1, 0.15) is 33.1 Å². The third-order valence-corrected chi connectivity index (χ3v) is 4.76. The number of hydrogen-bond donors (Lipinski definition) is 2. The van der Waals surface area contributed by atoms with Crippen LogP contribution in [0.2, 0.25) is 0 Å². The lowest BCUT2D eigenvalue weighted by Gasteiger charge is -2.32. The van der Waals surface area contributed by atoms with E-state index in [1.54, 1.807) is 0 Å². The van der Waals surface area contributed by atoms with E-state index in [9.17, 15) is 13.5 Å².